The maximum atomic E-state index is 11.2. The Balaban J connectivity index is 2.11. The van der Waals surface area contributed by atoms with Crippen LogP contribution in [0.15, 0.2) is 24.3 Å². The molecule has 0 aromatic heterocycles. The van der Waals surface area contributed by atoms with Gasteiger partial charge >= 0.3 is 5.97 Å². The van der Waals surface area contributed by atoms with Crippen molar-refractivity contribution in [3.8, 4) is 0 Å². The Labute approximate surface area is 151 Å². The molecule has 0 amide bonds. The highest BCUT2D eigenvalue weighted by Crippen LogP contribution is 2.21. The Hall–Kier alpha value is -1.43. The summed E-state index contributed by atoms with van der Waals surface area (Å²) in [5.41, 5.74) is 1.37. The fourth-order valence-electron chi connectivity index (χ4n) is 3.04. The van der Waals surface area contributed by atoms with Crippen LogP contribution in [-0.4, -0.2) is 38.4 Å². The second-order valence-electron chi connectivity index (χ2n) is 6.23. The van der Waals surface area contributed by atoms with Gasteiger partial charge in [0.15, 0.2) is 0 Å². The van der Waals surface area contributed by atoms with E-state index in [4.69, 9.17) is 14.2 Å². The van der Waals surface area contributed by atoms with Gasteiger partial charge in [-0.05, 0) is 30.9 Å². The van der Waals surface area contributed by atoms with E-state index in [1.807, 2.05) is 12.1 Å². The zero-order chi connectivity index (χ0) is 18.5. The fourth-order valence-corrected chi connectivity index (χ4v) is 3.04. The maximum Gasteiger partial charge on any atom is 0.335 e. The number of hydrogen-bond donors (Lipinski definition) is 1. The lowest BCUT2D eigenvalue weighted by Crippen LogP contribution is -2.35. The molecule has 0 aliphatic carbocycles. The lowest BCUT2D eigenvalue weighted by Gasteiger charge is -2.28. The highest BCUT2D eigenvalue weighted by molar-refractivity contribution is 5.89. The minimum absolute atomic E-state index is 0.431. The molecule has 5 nitrogen and oxygen atoms in total. The molecule has 0 saturated heterocycles. The summed E-state index contributed by atoms with van der Waals surface area (Å²) in [6.45, 7) is 0. The van der Waals surface area contributed by atoms with Gasteiger partial charge in [0.25, 0.3) is 5.97 Å². The van der Waals surface area contributed by atoms with Gasteiger partial charge in [0.05, 0.1) is 5.56 Å². The second kappa shape index (κ2) is 12.0. The van der Waals surface area contributed by atoms with Gasteiger partial charge in [0, 0.05) is 27.8 Å². The third-order valence-corrected chi connectivity index (χ3v) is 4.61. The Morgan fingerprint density at radius 1 is 0.880 bits per heavy atom. The first kappa shape index (κ1) is 21.6. The molecule has 142 valence electrons. The molecule has 0 aliphatic heterocycles. The number of hydrogen-bond acceptors (Lipinski definition) is 4. The summed E-state index contributed by atoms with van der Waals surface area (Å²) in [4.78, 5) is 11.2. The average Bonchev–Trinajstić information content (AvgIpc) is 2.64. The molecule has 0 radical (unpaired) electrons. The van der Waals surface area contributed by atoms with Crippen LogP contribution in [-0.2, 0) is 20.6 Å². The normalized spacial score (nSPS) is 11.6. The van der Waals surface area contributed by atoms with Crippen molar-refractivity contribution in [2.45, 2.75) is 63.8 Å². The molecule has 1 rings (SSSR count). The lowest BCUT2D eigenvalue weighted by molar-refractivity contribution is -0.355. The Morgan fingerprint density at radius 2 is 1.40 bits per heavy atom. The third kappa shape index (κ3) is 7.55. The molecule has 25 heavy (non-hydrogen) atoms. The number of methoxy groups -OCH3 is 3. The van der Waals surface area contributed by atoms with Crippen molar-refractivity contribution >= 4 is 5.97 Å². The van der Waals surface area contributed by atoms with Gasteiger partial charge in [-0.2, -0.15) is 0 Å². The number of ether oxygens (including phenoxy) is 3. The van der Waals surface area contributed by atoms with Crippen LogP contribution < -0.4 is 0 Å². The largest absolute Gasteiger partial charge is 0.478 e. The van der Waals surface area contributed by atoms with Crippen molar-refractivity contribution in [1.29, 1.82) is 0 Å². The van der Waals surface area contributed by atoms with E-state index in [2.05, 4.69) is 0 Å². The lowest BCUT2D eigenvalue weighted by atomic mass is 10.00. The van der Waals surface area contributed by atoms with Crippen LogP contribution in [0.2, 0.25) is 0 Å². The van der Waals surface area contributed by atoms with Crippen LogP contribution in [0.3, 0.4) is 0 Å². The molecular weight excluding hydrogens is 320 g/mol. The van der Waals surface area contributed by atoms with Crippen molar-refractivity contribution in [3.05, 3.63) is 35.4 Å². The topological polar surface area (TPSA) is 65.0 Å². The van der Waals surface area contributed by atoms with E-state index in [-0.39, 0.29) is 0 Å². The summed E-state index contributed by atoms with van der Waals surface area (Å²) in [5.74, 6) is -1.74. The molecule has 0 saturated carbocycles. The molecule has 1 aromatic carbocycles. The molecule has 1 N–H and O–H groups in total. The SMILES string of the molecule is COC(CCCCCCCCCc1ccccc1C(=O)O)(OC)OC. The van der Waals surface area contributed by atoms with Gasteiger partial charge in [0.2, 0.25) is 0 Å². The number of benzene rings is 1. The van der Waals surface area contributed by atoms with E-state index in [0.29, 0.717) is 5.56 Å². The Morgan fingerprint density at radius 3 is 1.96 bits per heavy atom. The number of carboxylic acid groups (broad SMARTS) is 1. The number of carboxylic acids is 1. The van der Waals surface area contributed by atoms with E-state index < -0.39 is 11.9 Å². The average molecular weight is 352 g/mol. The second-order valence-corrected chi connectivity index (χ2v) is 6.23. The first-order chi connectivity index (χ1) is 12.1. The molecule has 0 spiro atoms. The van der Waals surface area contributed by atoms with Crippen molar-refractivity contribution in [3.63, 3.8) is 0 Å². The summed E-state index contributed by atoms with van der Waals surface area (Å²) >= 11 is 0. The van der Waals surface area contributed by atoms with Crippen LogP contribution in [0, 0.1) is 0 Å². The van der Waals surface area contributed by atoms with Gasteiger partial charge in [-0.1, -0.05) is 50.3 Å². The molecular formula is C20H32O5. The molecule has 0 unspecified atom stereocenters. The summed E-state index contributed by atoms with van der Waals surface area (Å²) in [6, 6.07) is 7.27. The van der Waals surface area contributed by atoms with E-state index in [0.717, 1.165) is 44.1 Å². The number of rotatable bonds is 14. The van der Waals surface area contributed by atoms with Gasteiger partial charge in [-0.3, -0.25) is 0 Å². The predicted molar refractivity (Wildman–Crippen MR) is 97.8 cm³/mol. The van der Waals surface area contributed by atoms with E-state index >= 15 is 0 Å². The van der Waals surface area contributed by atoms with E-state index in [1.165, 1.54) is 19.3 Å². The van der Waals surface area contributed by atoms with Gasteiger partial charge in [-0.15, -0.1) is 0 Å². The fraction of sp³-hybridized carbons (Fsp3) is 0.650. The quantitative estimate of drug-likeness (QED) is 0.390. The first-order valence-electron chi connectivity index (χ1n) is 9.05. The third-order valence-electron chi connectivity index (χ3n) is 4.61. The molecule has 0 heterocycles. The van der Waals surface area contributed by atoms with Gasteiger partial charge in [0.1, 0.15) is 0 Å². The zero-order valence-corrected chi connectivity index (χ0v) is 15.8. The standard InChI is InChI=1S/C20H32O5/c1-23-20(24-2,25-3)16-12-8-6-4-5-7-9-13-17-14-10-11-15-18(17)19(21)22/h10-11,14-15H,4-9,12-13,16H2,1-3H3,(H,21,22). The Bertz CT molecular complexity index is 488. The smallest absolute Gasteiger partial charge is 0.335 e. The van der Waals surface area contributed by atoms with Crippen molar-refractivity contribution in [1.82, 2.24) is 0 Å². The molecule has 0 aliphatic rings. The minimum Gasteiger partial charge on any atom is -0.478 e. The van der Waals surface area contributed by atoms with Crippen molar-refractivity contribution < 1.29 is 24.1 Å². The van der Waals surface area contributed by atoms with Crippen molar-refractivity contribution in [2.24, 2.45) is 0 Å². The van der Waals surface area contributed by atoms with Crippen LogP contribution >= 0.6 is 0 Å². The first-order valence-corrected chi connectivity index (χ1v) is 9.05. The summed E-state index contributed by atoms with van der Waals surface area (Å²) in [7, 11) is 4.78. The summed E-state index contributed by atoms with van der Waals surface area (Å²) < 4.78 is 15.8. The van der Waals surface area contributed by atoms with Crippen LogP contribution in [0.1, 0.15) is 67.3 Å². The molecule has 1 aromatic rings. The van der Waals surface area contributed by atoms with Gasteiger partial charge in [-0.25, -0.2) is 4.79 Å². The van der Waals surface area contributed by atoms with Crippen LogP contribution in [0.4, 0.5) is 0 Å². The number of aromatic carboxylic acids is 1. The summed E-state index contributed by atoms with van der Waals surface area (Å²) in [6.07, 6.45) is 9.40. The van der Waals surface area contributed by atoms with Gasteiger partial charge < -0.3 is 19.3 Å². The number of aryl methyl sites for hydroxylation is 1. The van der Waals surface area contributed by atoms with E-state index in [9.17, 15) is 9.90 Å². The van der Waals surface area contributed by atoms with Crippen LogP contribution in [0.25, 0.3) is 0 Å². The zero-order valence-electron chi connectivity index (χ0n) is 15.8. The number of carbonyl (C=O) groups is 1. The molecule has 0 fully saturated rings. The molecule has 0 bridgehead atoms. The predicted octanol–water partition coefficient (Wildman–Crippen LogP) is 4.64. The van der Waals surface area contributed by atoms with Crippen LogP contribution in [0.5, 0.6) is 0 Å². The number of unbranched alkanes of at least 4 members (excludes halogenated alkanes) is 6. The summed E-state index contributed by atoms with van der Waals surface area (Å²) in [5, 5.41) is 9.17. The molecule has 5 heteroatoms. The van der Waals surface area contributed by atoms with E-state index in [1.54, 1.807) is 33.5 Å². The Kier molecular flexibility index (Phi) is 10.4. The highest BCUT2D eigenvalue weighted by atomic mass is 16.9. The molecule has 0 atom stereocenters. The highest BCUT2D eigenvalue weighted by Gasteiger charge is 2.28. The maximum absolute atomic E-state index is 11.2. The van der Waals surface area contributed by atoms with Crippen molar-refractivity contribution in [2.75, 3.05) is 21.3 Å². The monoisotopic (exact) mass is 352 g/mol. The minimum atomic E-state index is -0.905.